The van der Waals surface area contributed by atoms with E-state index in [0.717, 1.165) is 64.1 Å². The van der Waals surface area contributed by atoms with E-state index in [0.29, 0.717) is 29.9 Å². The molecule has 2 aromatic rings. The van der Waals surface area contributed by atoms with Gasteiger partial charge in [-0.2, -0.15) is 4.31 Å². The number of sulfonamides is 1. The molecule has 0 unspecified atom stereocenters. The van der Waals surface area contributed by atoms with Gasteiger partial charge in [0.25, 0.3) is 5.91 Å². The molecule has 8 heteroatoms. The van der Waals surface area contributed by atoms with Crippen molar-refractivity contribution in [3.8, 4) is 0 Å². The van der Waals surface area contributed by atoms with Crippen LogP contribution in [0.2, 0.25) is 0 Å². The maximum Gasteiger partial charge on any atom is 0.255 e. The van der Waals surface area contributed by atoms with Crippen LogP contribution in [0.25, 0.3) is 0 Å². The Hall–Kier alpha value is -2.26. The SMILES string of the molecule is Cc1ccc(NC(=O)c2cccc(CN3CCOCC3)c2)cc1S(=O)(=O)N1CCCCCC1. The Morgan fingerprint density at radius 2 is 1.70 bits per heavy atom. The zero-order chi connectivity index (χ0) is 23.3. The number of morpholine rings is 1. The Morgan fingerprint density at radius 3 is 2.42 bits per heavy atom. The largest absolute Gasteiger partial charge is 0.379 e. The smallest absolute Gasteiger partial charge is 0.255 e. The highest BCUT2D eigenvalue weighted by atomic mass is 32.2. The van der Waals surface area contributed by atoms with Crippen LogP contribution in [0.1, 0.15) is 47.2 Å². The van der Waals surface area contributed by atoms with Crippen LogP contribution in [-0.4, -0.2) is 62.9 Å². The first-order valence-electron chi connectivity index (χ1n) is 11.7. The number of hydrogen-bond acceptors (Lipinski definition) is 5. The maximum absolute atomic E-state index is 13.3. The molecule has 33 heavy (non-hydrogen) atoms. The van der Waals surface area contributed by atoms with Crippen molar-refractivity contribution in [1.82, 2.24) is 9.21 Å². The fourth-order valence-corrected chi connectivity index (χ4v) is 6.18. The van der Waals surface area contributed by atoms with Gasteiger partial charge in [-0.25, -0.2) is 8.42 Å². The molecule has 7 nitrogen and oxygen atoms in total. The highest BCUT2D eigenvalue weighted by Gasteiger charge is 2.27. The lowest BCUT2D eigenvalue weighted by atomic mass is 10.1. The summed E-state index contributed by atoms with van der Waals surface area (Å²) < 4.78 is 33.6. The highest BCUT2D eigenvalue weighted by molar-refractivity contribution is 7.89. The number of amides is 1. The summed E-state index contributed by atoms with van der Waals surface area (Å²) in [5.74, 6) is -0.249. The Morgan fingerprint density at radius 1 is 0.970 bits per heavy atom. The van der Waals surface area contributed by atoms with Crippen LogP contribution in [0.4, 0.5) is 5.69 Å². The predicted octanol–water partition coefficient (Wildman–Crippen LogP) is 3.64. The van der Waals surface area contributed by atoms with E-state index in [9.17, 15) is 13.2 Å². The molecule has 0 spiro atoms. The number of ether oxygens (including phenoxy) is 1. The molecule has 2 aromatic carbocycles. The molecular formula is C25H33N3O4S. The summed E-state index contributed by atoms with van der Waals surface area (Å²) in [5.41, 5.74) is 2.79. The first kappa shape index (κ1) is 23.9. The van der Waals surface area contributed by atoms with Gasteiger partial charge in [-0.15, -0.1) is 0 Å². The van der Waals surface area contributed by atoms with Crippen molar-refractivity contribution in [1.29, 1.82) is 0 Å². The zero-order valence-electron chi connectivity index (χ0n) is 19.3. The predicted molar refractivity (Wildman–Crippen MR) is 129 cm³/mol. The van der Waals surface area contributed by atoms with Gasteiger partial charge in [0.15, 0.2) is 0 Å². The van der Waals surface area contributed by atoms with Crippen LogP contribution in [0.5, 0.6) is 0 Å². The standard InChI is InChI=1S/C25H33N3O4S/c1-20-9-10-23(18-24(20)33(30,31)28-11-4-2-3-5-12-28)26-25(29)22-8-6-7-21(17-22)19-27-13-15-32-16-14-27/h6-10,17-18H,2-5,11-16,19H2,1H3,(H,26,29). The number of hydrogen-bond donors (Lipinski definition) is 1. The summed E-state index contributed by atoms with van der Waals surface area (Å²) in [6.07, 6.45) is 3.89. The first-order chi connectivity index (χ1) is 15.9. The third-order valence-corrected chi connectivity index (χ3v) is 8.37. The quantitative estimate of drug-likeness (QED) is 0.696. The van der Waals surface area contributed by atoms with Crippen molar-refractivity contribution in [2.24, 2.45) is 0 Å². The molecule has 0 bridgehead atoms. The van der Waals surface area contributed by atoms with Crippen molar-refractivity contribution in [2.45, 2.75) is 44.0 Å². The van der Waals surface area contributed by atoms with E-state index in [2.05, 4.69) is 10.2 Å². The Bertz CT molecular complexity index is 1070. The minimum absolute atomic E-state index is 0.249. The van der Waals surface area contributed by atoms with Gasteiger partial charge in [0.1, 0.15) is 0 Å². The van der Waals surface area contributed by atoms with Crippen LogP contribution >= 0.6 is 0 Å². The van der Waals surface area contributed by atoms with E-state index in [4.69, 9.17) is 4.74 Å². The fraction of sp³-hybridized carbons (Fsp3) is 0.480. The topological polar surface area (TPSA) is 79.0 Å². The van der Waals surface area contributed by atoms with Gasteiger partial charge in [-0.05, 0) is 55.2 Å². The van der Waals surface area contributed by atoms with Gasteiger partial charge < -0.3 is 10.1 Å². The van der Waals surface area contributed by atoms with Crippen molar-refractivity contribution in [2.75, 3.05) is 44.7 Å². The van der Waals surface area contributed by atoms with Crippen LogP contribution in [0, 0.1) is 6.92 Å². The molecule has 1 amide bonds. The van der Waals surface area contributed by atoms with Gasteiger partial charge in [0.05, 0.1) is 18.1 Å². The van der Waals surface area contributed by atoms with E-state index in [1.165, 1.54) is 0 Å². The number of rotatable bonds is 6. The number of anilines is 1. The second-order valence-electron chi connectivity index (χ2n) is 8.84. The van der Waals surface area contributed by atoms with Crippen molar-refractivity contribution >= 4 is 21.6 Å². The Labute approximate surface area is 196 Å². The number of nitrogens with one attached hydrogen (secondary N) is 1. The lowest BCUT2D eigenvalue weighted by molar-refractivity contribution is 0.0342. The number of nitrogens with zero attached hydrogens (tertiary/aromatic N) is 2. The molecule has 4 rings (SSSR count). The molecular weight excluding hydrogens is 438 g/mol. The molecule has 0 atom stereocenters. The van der Waals surface area contributed by atoms with Crippen molar-refractivity contribution in [3.05, 3.63) is 59.2 Å². The molecule has 2 saturated heterocycles. The van der Waals surface area contributed by atoms with Crippen molar-refractivity contribution < 1.29 is 17.9 Å². The third kappa shape index (κ3) is 6.00. The molecule has 0 aromatic heterocycles. The third-order valence-electron chi connectivity index (χ3n) is 6.33. The lowest BCUT2D eigenvalue weighted by Gasteiger charge is -2.26. The molecule has 2 fully saturated rings. The Kier molecular flexibility index (Phi) is 7.80. The van der Waals surface area contributed by atoms with Crippen LogP contribution in [-0.2, 0) is 21.3 Å². The van der Waals surface area contributed by atoms with E-state index < -0.39 is 10.0 Å². The second kappa shape index (κ2) is 10.8. The van der Waals surface area contributed by atoms with Gasteiger partial charge in [0.2, 0.25) is 10.0 Å². The summed E-state index contributed by atoms with van der Waals surface area (Å²) in [7, 11) is -3.60. The summed E-state index contributed by atoms with van der Waals surface area (Å²) in [6, 6.07) is 12.7. The minimum Gasteiger partial charge on any atom is -0.379 e. The number of benzene rings is 2. The minimum atomic E-state index is -3.60. The summed E-state index contributed by atoms with van der Waals surface area (Å²) in [4.78, 5) is 15.5. The fourth-order valence-electron chi connectivity index (χ4n) is 4.41. The number of aryl methyl sites for hydroxylation is 1. The van der Waals surface area contributed by atoms with Gasteiger partial charge >= 0.3 is 0 Å². The van der Waals surface area contributed by atoms with Crippen LogP contribution < -0.4 is 5.32 Å². The van der Waals surface area contributed by atoms with Crippen LogP contribution in [0.3, 0.4) is 0 Å². The number of carbonyl (C=O) groups is 1. The number of carbonyl (C=O) groups excluding carboxylic acids is 1. The van der Waals surface area contributed by atoms with Crippen LogP contribution in [0.15, 0.2) is 47.4 Å². The summed E-state index contributed by atoms with van der Waals surface area (Å²) in [5, 5.41) is 2.89. The van der Waals surface area contributed by atoms with E-state index in [1.54, 1.807) is 35.5 Å². The average Bonchev–Trinajstić information content (AvgIpc) is 3.11. The molecule has 1 N–H and O–H groups in total. The van der Waals surface area contributed by atoms with E-state index in [1.807, 2.05) is 18.2 Å². The molecule has 0 radical (unpaired) electrons. The molecule has 178 valence electrons. The maximum atomic E-state index is 13.3. The lowest BCUT2D eigenvalue weighted by Crippen LogP contribution is -2.35. The van der Waals surface area contributed by atoms with Crippen molar-refractivity contribution in [3.63, 3.8) is 0 Å². The molecule has 0 saturated carbocycles. The molecule has 0 aliphatic carbocycles. The summed E-state index contributed by atoms with van der Waals surface area (Å²) >= 11 is 0. The van der Waals surface area contributed by atoms with E-state index in [-0.39, 0.29) is 10.8 Å². The molecule has 2 aliphatic rings. The van der Waals surface area contributed by atoms with Gasteiger partial charge in [-0.1, -0.05) is 31.0 Å². The second-order valence-corrected chi connectivity index (χ2v) is 10.7. The molecule has 2 aliphatic heterocycles. The van der Waals surface area contributed by atoms with Gasteiger partial charge in [-0.3, -0.25) is 9.69 Å². The zero-order valence-corrected chi connectivity index (χ0v) is 20.1. The monoisotopic (exact) mass is 471 g/mol. The normalized spacial score (nSPS) is 18.6. The van der Waals surface area contributed by atoms with Gasteiger partial charge in [0, 0.05) is 44.0 Å². The highest BCUT2D eigenvalue weighted by Crippen LogP contribution is 2.26. The molecule has 2 heterocycles. The van der Waals surface area contributed by atoms with E-state index >= 15 is 0 Å². The summed E-state index contributed by atoms with van der Waals surface area (Å²) in [6.45, 7) is 6.90. The average molecular weight is 472 g/mol. The Balaban J connectivity index is 1.49. The first-order valence-corrected chi connectivity index (χ1v) is 13.2.